The average molecular weight is 412 g/mol. The number of hydrogen-bond acceptors (Lipinski definition) is 4. The van der Waals surface area contributed by atoms with Gasteiger partial charge in [-0.3, -0.25) is 9.59 Å². The van der Waals surface area contributed by atoms with E-state index in [-0.39, 0.29) is 6.42 Å². The summed E-state index contributed by atoms with van der Waals surface area (Å²) >= 11 is 0. The van der Waals surface area contributed by atoms with E-state index in [1.165, 1.54) is 0 Å². The van der Waals surface area contributed by atoms with E-state index < -0.39 is 5.97 Å². The SMILES string of the molecule is O=C(O)CCCC/C=C\c1ccc2ccccc2n1.O=Cc1ccc2ccccc2n1. The minimum absolute atomic E-state index is 0.252. The van der Waals surface area contributed by atoms with Crippen LogP contribution in [0.25, 0.3) is 27.9 Å². The largest absolute Gasteiger partial charge is 0.481 e. The van der Waals surface area contributed by atoms with E-state index in [1.807, 2.05) is 66.7 Å². The molecule has 0 unspecified atom stereocenters. The van der Waals surface area contributed by atoms with Crippen molar-refractivity contribution in [1.29, 1.82) is 0 Å². The number of hydrogen-bond donors (Lipinski definition) is 1. The van der Waals surface area contributed by atoms with Gasteiger partial charge in [-0.2, -0.15) is 0 Å². The Labute approximate surface area is 181 Å². The number of carbonyl (C=O) groups is 2. The van der Waals surface area contributed by atoms with Crippen molar-refractivity contribution in [2.45, 2.75) is 25.7 Å². The highest BCUT2D eigenvalue weighted by atomic mass is 16.4. The molecule has 0 radical (unpaired) electrons. The number of unbranched alkanes of at least 4 members (excludes halogenated alkanes) is 2. The Morgan fingerprint density at radius 1 is 0.774 bits per heavy atom. The molecule has 2 aromatic carbocycles. The molecule has 0 saturated carbocycles. The fourth-order valence-corrected chi connectivity index (χ4v) is 3.06. The Kier molecular flexibility index (Phi) is 8.00. The van der Waals surface area contributed by atoms with Crippen molar-refractivity contribution in [3.05, 3.63) is 90.3 Å². The Bertz CT molecular complexity index is 1200. The molecule has 4 rings (SSSR count). The Balaban J connectivity index is 0.000000194. The standard InChI is InChI=1S/C16H17NO2.C10H7NO/c18-16(19)10-4-2-1-3-8-14-12-11-13-7-5-6-9-15(13)17-14;12-7-9-6-5-8-3-1-2-4-10(8)11-9/h3,5-9,11-12H,1-2,4,10H2,(H,18,19);1-7H/b8-3-;. The molecule has 0 aliphatic carbocycles. The number of pyridine rings is 2. The zero-order valence-corrected chi connectivity index (χ0v) is 17.1. The molecule has 2 heterocycles. The van der Waals surface area contributed by atoms with Crippen LogP contribution < -0.4 is 0 Å². The van der Waals surface area contributed by atoms with E-state index in [0.717, 1.165) is 53.0 Å². The van der Waals surface area contributed by atoms with Crippen LogP contribution in [-0.2, 0) is 4.79 Å². The third-order valence-electron chi connectivity index (χ3n) is 4.66. The van der Waals surface area contributed by atoms with E-state index in [0.29, 0.717) is 5.69 Å². The smallest absolute Gasteiger partial charge is 0.303 e. The lowest BCUT2D eigenvalue weighted by molar-refractivity contribution is -0.137. The molecular formula is C26H24N2O3. The maximum Gasteiger partial charge on any atom is 0.303 e. The van der Waals surface area contributed by atoms with Crippen LogP contribution in [0.2, 0.25) is 0 Å². The normalized spacial score (nSPS) is 10.7. The van der Waals surface area contributed by atoms with E-state index in [1.54, 1.807) is 6.07 Å². The molecule has 1 N–H and O–H groups in total. The van der Waals surface area contributed by atoms with Crippen LogP contribution in [0.1, 0.15) is 41.9 Å². The van der Waals surface area contributed by atoms with Crippen molar-refractivity contribution in [3.8, 4) is 0 Å². The van der Waals surface area contributed by atoms with Gasteiger partial charge in [0.15, 0.2) is 6.29 Å². The maximum atomic E-state index is 10.4. The second-order valence-corrected chi connectivity index (χ2v) is 7.02. The van der Waals surface area contributed by atoms with Crippen molar-refractivity contribution < 1.29 is 14.7 Å². The summed E-state index contributed by atoms with van der Waals surface area (Å²) in [6.45, 7) is 0. The van der Waals surface area contributed by atoms with Crippen LogP contribution in [0.5, 0.6) is 0 Å². The molecule has 0 aliphatic heterocycles. The van der Waals surface area contributed by atoms with Crippen LogP contribution in [-0.4, -0.2) is 27.3 Å². The van der Waals surface area contributed by atoms with Gasteiger partial charge in [0.05, 0.1) is 16.7 Å². The summed E-state index contributed by atoms with van der Waals surface area (Å²) in [5.74, 6) is -0.722. The number of nitrogens with zero attached hydrogens (tertiary/aromatic N) is 2. The lowest BCUT2D eigenvalue weighted by Crippen LogP contribution is -1.92. The third kappa shape index (κ3) is 6.85. The van der Waals surface area contributed by atoms with E-state index in [4.69, 9.17) is 5.11 Å². The lowest BCUT2D eigenvalue weighted by Gasteiger charge is -1.98. The van der Waals surface area contributed by atoms with Gasteiger partial charge in [0.25, 0.3) is 0 Å². The summed E-state index contributed by atoms with van der Waals surface area (Å²) in [5, 5.41) is 10.7. The molecule has 0 fully saturated rings. The quantitative estimate of drug-likeness (QED) is 0.300. The number of carboxylic acids is 1. The van der Waals surface area contributed by atoms with Gasteiger partial charge in [0, 0.05) is 17.2 Å². The summed E-state index contributed by atoms with van der Waals surface area (Å²) < 4.78 is 0. The van der Waals surface area contributed by atoms with E-state index >= 15 is 0 Å². The van der Waals surface area contributed by atoms with Gasteiger partial charge in [0.2, 0.25) is 0 Å². The highest BCUT2D eigenvalue weighted by Crippen LogP contribution is 2.13. The van der Waals surface area contributed by atoms with Crippen molar-refractivity contribution >= 4 is 40.1 Å². The first-order chi connectivity index (χ1) is 15.2. The molecule has 4 aromatic rings. The highest BCUT2D eigenvalue weighted by molar-refractivity contribution is 5.83. The van der Waals surface area contributed by atoms with E-state index in [2.05, 4.69) is 22.1 Å². The van der Waals surface area contributed by atoms with Gasteiger partial charge in [0.1, 0.15) is 5.69 Å². The number of aromatic nitrogens is 2. The van der Waals surface area contributed by atoms with Gasteiger partial charge >= 0.3 is 5.97 Å². The van der Waals surface area contributed by atoms with Gasteiger partial charge in [-0.15, -0.1) is 0 Å². The molecule has 0 bridgehead atoms. The highest BCUT2D eigenvalue weighted by Gasteiger charge is 1.96. The van der Waals surface area contributed by atoms with Gasteiger partial charge in [-0.05, 0) is 49.6 Å². The molecule has 156 valence electrons. The maximum absolute atomic E-state index is 10.4. The molecule has 0 amide bonds. The number of carbonyl (C=O) groups excluding carboxylic acids is 1. The first-order valence-electron chi connectivity index (χ1n) is 10.2. The van der Waals surface area contributed by atoms with Crippen LogP contribution in [0, 0.1) is 0 Å². The van der Waals surface area contributed by atoms with Gasteiger partial charge in [-0.1, -0.05) is 54.6 Å². The molecule has 0 aliphatic rings. The molecule has 0 saturated heterocycles. The molecule has 0 atom stereocenters. The second kappa shape index (κ2) is 11.4. The molecule has 31 heavy (non-hydrogen) atoms. The second-order valence-electron chi connectivity index (χ2n) is 7.02. The Hall–Kier alpha value is -3.86. The summed E-state index contributed by atoms with van der Waals surface area (Å²) in [6, 6.07) is 23.4. The van der Waals surface area contributed by atoms with Crippen LogP contribution in [0.15, 0.2) is 78.9 Å². The fraction of sp³-hybridized carbons (Fsp3) is 0.154. The van der Waals surface area contributed by atoms with E-state index in [9.17, 15) is 9.59 Å². The lowest BCUT2D eigenvalue weighted by atomic mass is 10.1. The number of allylic oxidation sites excluding steroid dienone is 1. The van der Waals surface area contributed by atoms with Crippen LogP contribution in [0.3, 0.4) is 0 Å². The minimum atomic E-state index is -0.722. The number of aldehydes is 1. The summed E-state index contributed by atoms with van der Waals surface area (Å²) in [6.07, 6.45) is 7.57. The summed E-state index contributed by atoms with van der Waals surface area (Å²) in [4.78, 5) is 29.4. The topological polar surface area (TPSA) is 80.1 Å². The Morgan fingerprint density at radius 2 is 1.35 bits per heavy atom. The van der Waals surface area contributed by atoms with Crippen molar-refractivity contribution in [2.24, 2.45) is 0 Å². The van der Waals surface area contributed by atoms with Gasteiger partial charge < -0.3 is 5.11 Å². The monoisotopic (exact) mass is 412 g/mol. The first-order valence-corrected chi connectivity index (χ1v) is 10.2. The van der Waals surface area contributed by atoms with Crippen molar-refractivity contribution in [1.82, 2.24) is 9.97 Å². The number of para-hydroxylation sites is 2. The Morgan fingerprint density at radius 3 is 1.97 bits per heavy atom. The predicted molar refractivity (Wildman–Crippen MR) is 124 cm³/mol. The van der Waals surface area contributed by atoms with Crippen LogP contribution >= 0.6 is 0 Å². The third-order valence-corrected chi connectivity index (χ3v) is 4.66. The summed E-state index contributed by atoms with van der Waals surface area (Å²) in [7, 11) is 0. The zero-order chi connectivity index (χ0) is 21.9. The van der Waals surface area contributed by atoms with Crippen LogP contribution in [0.4, 0.5) is 0 Å². The minimum Gasteiger partial charge on any atom is -0.481 e. The molecule has 5 nitrogen and oxygen atoms in total. The number of carboxylic acid groups (broad SMARTS) is 1. The molecule has 0 spiro atoms. The van der Waals surface area contributed by atoms with Crippen molar-refractivity contribution in [2.75, 3.05) is 0 Å². The predicted octanol–water partition coefficient (Wildman–Crippen LogP) is 5.94. The molecular weight excluding hydrogens is 388 g/mol. The number of fused-ring (bicyclic) bond motifs is 2. The van der Waals surface area contributed by atoms with Crippen molar-refractivity contribution in [3.63, 3.8) is 0 Å². The first kappa shape index (κ1) is 21.8. The number of benzene rings is 2. The number of rotatable bonds is 7. The fourth-order valence-electron chi connectivity index (χ4n) is 3.06. The van der Waals surface area contributed by atoms with Gasteiger partial charge in [-0.25, -0.2) is 9.97 Å². The summed E-state index contributed by atoms with van der Waals surface area (Å²) in [5.41, 5.74) is 3.28. The number of aliphatic carboxylic acids is 1. The molecule has 2 aromatic heterocycles. The molecule has 5 heteroatoms. The zero-order valence-electron chi connectivity index (χ0n) is 17.1. The average Bonchev–Trinajstić information content (AvgIpc) is 2.81.